The Kier molecular flexibility index (Phi) is 6.23. The van der Waals surface area contributed by atoms with Gasteiger partial charge in [-0.3, -0.25) is 9.59 Å². The molecule has 0 saturated carbocycles. The second-order valence-electron chi connectivity index (χ2n) is 7.09. The first kappa shape index (κ1) is 21.5. The number of carbonyl (C=O) groups is 2. The van der Waals surface area contributed by atoms with Crippen LogP contribution in [-0.4, -0.2) is 40.9 Å². The first-order valence-electron chi connectivity index (χ1n) is 9.53. The summed E-state index contributed by atoms with van der Waals surface area (Å²) < 4.78 is 38.0. The third-order valence-electron chi connectivity index (χ3n) is 4.73. The number of aromatic nitrogens is 2. The molecule has 1 fully saturated rings. The predicted molar refractivity (Wildman–Crippen MR) is 105 cm³/mol. The monoisotopic (exact) mass is 421 g/mol. The Balaban J connectivity index is 1.63. The van der Waals surface area contributed by atoms with Gasteiger partial charge in [-0.2, -0.15) is 13.2 Å². The number of rotatable bonds is 5. The van der Waals surface area contributed by atoms with E-state index in [1.165, 1.54) is 12.1 Å². The second kappa shape index (κ2) is 8.68. The van der Waals surface area contributed by atoms with E-state index in [2.05, 4.69) is 20.6 Å². The first-order valence-corrected chi connectivity index (χ1v) is 9.53. The minimum Gasteiger partial charge on any atom is -0.354 e. The maximum absolute atomic E-state index is 12.7. The molecule has 0 bridgehead atoms. The van der Waals surface area contributed by atoms with Gasteiger partial charge in [-0.05, 0) is 37.6 Å². The van der Waals surface area contributed by atoms with Crippen molar-refractivity contribution in [2.24, 2.45) is 0 Å². The van der Waals surface area contributed by atoms with Crippen LogP contribution in [-0.2, 0) is 11.0 Å². The third-order valence-corrected chi connectivity index (χ3v) is 4.73. The quantitative estimate of drug-likeness (QED) is 0.775. The fraction of sp³-hybridized carbons (Fsp3) is 0.400. The molecule has 2 amide bonds. The van der Waals surface area contributed by atoms with Gasteiger partial charge in [0.2, 0.25) is 5.91 Å². The van der Waals surface area contributed by atoms with Crippen LogP contribution in [0.5, 0.6) is 0 Å². The van der Waals surface area contributed by atoms with Crippen molar-refractivity contribution in [3.63, 3.8) is 0 Å². The molecule has 30 heavy (non-hydrogen) atoms. The van der Waals surface area contributed by atoms with Gasteiger partial charge in [0.1, 0.15) is 11.6 Å². The van der Waals surface area contributed by atoms with Crippen molar-refractivity contribution in [1.29, 1.82) is 0 Å². The van der Waals surface area contributed by atoms with E-state index in [1.807, 2.05) is 4.90 Å². The topological polar surface area (TPSA) is 87.2 Å². The molecule has 3 rings (SSSR count). The normalized spacial score (nSPS) is 16.4. The molecule has 0 spiro atoms. The average Bonchev–Trinajstić information content (AvgIpc) is 3.15. The lowest BCUT2D eigenvalue weighted by atomic mass is 10.2. The van der Waals surface area contributed by atoms with Gasteiger partial charge in [-0.1, -0.05) is 6.92 Å². The highest BCUT2D eigenvalue weighted by Crippen LogP contribution is 2.30. The van der Waals surface area contributed by atoms with Crippen molar-refractivity contribution in [2.75, 3.05) is 23.3 Å². The summed E-state index contributed by atoms with van der Waals surface area (Å²) in [5.74, 6) is 0.243. The SMILES string of the molecule is CCC(=O)Nc1cc(C(=O)N[C@@H]2CCN(c3ccc(C(F)(F)F)cn3)C2)cc(C)n1. The van der Waals surface area contributed by atoms with E-state index in [4.69, 9.17) is 0 Å². The number of nitrogens with one attached hydrogen (secondary N) is 2. The lowest BCUT2D eigenvalue weighted by molar-refractivity contribution is -0.137. The molecule has 0 radical (unpaired) electrons. The van der Waals surface area contributed by atoms with Crippen molar-refractivity contribution in [1.82, 2.24) is 15.3 Å². The largest absolute Gasteiger partial charge is 0.417 e. The van der Waals surface area contributed by atoms with Gasteiger partial charge < -0.3 is 15.5 Å². The van der Waals surface area contributed by atoms with E-state index in [0.717, 1.165) is 12.3 Å². The average molecular weight is 421 g/mol. The zero-order valence-corrected chi connectivity index (χ0v) is 16.6. The van der Waals surface area contributed by atoms with Gasteiger partial charge in [0.15, 0.2) is 0 Å². The van der Waals surface area contributed by atoms with E-state index in [0.29, 0.717) is 48.8 Å². The van der Waals surface area contributed by atoms with Gasteiger partial charge in [0, 0.05) is 43.0 Å². The molecular formula is C20H22F3N5O2. The fourth-order valence-corrected chi connectivity index (χ4v) is 3.19. The Hall–Kier alpha value is -3.17. The number of alkyl halides is 3. The Morgan fingerprint density at radius 1 is 1.27 bits per heavy atom. The van der Waals surface area contributed by atoms with E-state index in [9.17, 15) is 22.8 Å². The number of hydrogen-bond donors (Lipinski definition) is 2. The maximum Gasteiger partial charge on any atom is 0.417 e. The fourth-order valence-electron chi connectivity index (χ4n) is 3.19. The van der Waals surface area contributed by atoms with Crippen LogP contribution in [0.1, 0.15) is 41.4 Å². The summed E-state index contributed by atoms with van der Waals surface area (Å²) in [5.41, 5.74) is 0.172. The molecule has 3 heterocycles. The van der Waals surface area contributed by atoms with Gasteiger partial charge in [0.25, 0.3) is 5.91 Å². The first-order chi connectivity index (χ1) is 14.2. The molecule has 0 aromatic carbocycles. The number of pyridine rings is 2. The minimum atomic E-state index is -4.43. The van der Waals surface area contributed by atoms with Crippen LogP contribution in [0.2, 0.25) is 0 Å². The highest BCUT2D eigenvalue weighted by Gasteiger charge is 2.31. The molecule has 0 unspecified atom stereocenters. The number of nitrogens with zero attached hydrogens (tertiary/aromatic N) is 3. The molecule has 7 nitrogen and oxygen atoms in total. The lowest BCUT2D eigenvalue weighted by Gasteiger charge is -2.18. The Labute approximate surface area is 171 Å². The molecule has 0 aliphatic carbocycles. The van der Waals surface area contributed by atoms with Gasteiger partial charge >= 0.3 is 6.18 Å². The summed E-state index contributed by atoms with van der Waals surface area (Å²) in [6, 6.07) is 5.30. The van der Waals surface area contributed by atoms with Crippen LogP contribution in [0.3, 0.4) is 0 Å². The number of anilines is 2. The molecule has 160 valence electrons. The van der Waals surface area contributed by atoms with Crippen molar-refractivity contribution >= 4 is 23.5 Å². The van der Waals surface area contributed by atoms with E-state index in [-0.39, 0.29) is 17.9 Å². The van der Waals surface area contributed by atoms with E-state index >= 15 is 0 Å². The number of carbonyl (C=O) groups excluding carboxylic acids is 2. The van der Waals surface area contributed by atoms with Crippen molar-refractivity contribution in [2.45, 2.75) is 38.9 Å². The van der Waals surface area contributed by atoms with Crippen LogP contribution in [0.4, 0.5) is 24.8 Å². The maximum atomic E-state index is 12.7. The second-order valence-corrected chi connectivity index (χ2v) is 7.09. The summed E-state index contributed by atoms with van der Waals surface area (Å²) >= 11 is 0. The molecule has 1 aliphatic rings. The van der Waals surface area contributed by atoms with Crippen molar-refractivity contribution < 1.29 is 22.8 Å². The number of amides is 2. The van der Waals surface area contributed by atoms with E-state index in [1.54, 1.807) is 19.9 Å². The summed E-state index contributed by atoms with van der Waals surface area (Å²) in [5, 5.41) is 5.56. The van der Waals surface area contributed by atoms with Gasteiger partial charge in [-0.15, -0.1) is 0 Å². The summed E-state index contributed by atoms with van der Waals surface area (Å²) in [7, 11) is 0. The summed E-state index contributed by atoms with van der Waals surface area (Å²) in [4.78, 5) is 34.2. The lowest BCUT2D eigenvalue weighted by Crippen LogP contribution is -2.37. The number of halogens is 3. The van der Waals surface area contributed by atoms with Crippen LogP contribution >= 0.6 is 0 Å². The minimum absolute atomic E-state index is 0.177. The molecule has 10 heteroatoms. The standard InChI is InChI=1S/C20H22F3N5O2/c1-3-18(29)27-16-9-13(8-12(2)25-16)19(30)26-15-6-7-28(11-15)17-5-4-14(10-24-17)20(21,22)23/h4-5,8-10,15H,3,6-7,11H2,1-2H3,(H,26,30)(H,25,27,29)/t15-/m1/s1. The molecule has 1 saturated heterocycles. The molecule has 2 N–H and O–H groups in total. The molecule has 1 aliphatic heterocycles. The Morgan fingerprint density at radius 2 is 2.03 bits per heavy atom. The van der Waals surface area contributed by atoms with Crippen LogP contribution < -0.4 is 15.5 Å². The molecule has 1 atom stereocenters. The van der Waals surface area contributed by atoms with Crippen molar-refractivity contribution in [3.8, 4) is 0 Å². The van der Waals surface area contributed by atoms with Crippen LogP contribution in [0.25, 0.3) is 0 Å². The highest BCUT2D eigenvalue weighted by atomic mass is 19.4. The smallest absolute Gasteiger partial charge is 0.354 e. The van der Waals surface area contributed by atoms with E-state index < -0.39 is 11.7 Å². The summed E-state index contributed by atoms with van der Waals surface area (Å²) in [6.45, 7) is 4.45. The zero-order chi connectivity index (χ0) is 21.9. The Bertz CT molecular complexity index is 931. The number of hydrogen-bond acceptors (Lipinski definition) is 5. The Morgan fingerprint density at radius 3 is 2.67 bits per heavy atom. The van der Waals surface area contributed by atoms with Crippen LogP contribution in [0.15, 0.2) is 30.5 Å². The molecule has 2 aromatic rings. The summed E-state index contributed by atoms with van der Waals surface area (Å²) in [6.07, 6.45) is -2.68. The molecular weight excluding hydrogens is 399 g/mol. The van der Waals surface area contributed by atoms with Crippen molar-refractivity contribution in [3.05, 3.63) is 47.3 Å². The van der Waals surface area contributed by atoms with Gasteiger partial charge in [-0.25, -0.2) is 9.97 Å². The highest BCUT2D eigenvalue weighted by molar-refractivity contribution is 5.96. The number of aryl methyl sites for hydroxylation is 1. The third kappa shape index (κ3) is 5.25. The zero-order valence-electron chi connectivity index (χ0n) is 16.6. The molecule has 2 aromatic heterocycles. The van der Waals surface area contributed by atoms with Crippen LogP contribution in [0, 0.1) is 6.92 Å². The van der Waals surface area contributed by atoms with Gasteiger partial charge in [0.05, 0.1) is 5.56 Å². The predicted octanol–water partition coefficient (Wildman–Crippen LogP) is 3.16.